The molecule has 0 fully saturated rings. The Hall–Kier alpha value is -1.09. The van der Waals surface area contributed by atoms with Crippen LogP contribution in [-0.2, 0) is 6.54 Å². The van der Waals surface area contributed by atoms with Crippen molar-refractivity contribution in [2.24, 2.45) is 0 Å². The van der Waals surface area contributed by atoms with Crippen LogP contribution >= 0.6 is 0 Å². The maximum absolute atomic E-state index is 9.20. The summed E-state index contributed by atoms with van der Waals surface area (Å²) in [5, 5.41) is 9.20. The highest BCUT2D eigenvalue weighted by atomic mass is 16.3. The van der Waals surface area contributed by atoms with Crippen molar-refractivity contribution < 1.29 is 5.11 Å². The van der Waals surface area contributed by atoms with E-state index < -0.39 is 6.10 Å². The third kappa shape index (κ3) is 1.68. The molecule has 1 aromatic heterocycles. The topological polar surface area (TPSA) is 38.0 Å². The standard InChI is InChI=1S/C8H12N2O/c1-3-5-10-6-4-9-8(10)7(2)11/h3-4,6-7,11H,1,5H2,2H3/t7-/m0/s1. The first-order valence-electron chi connectivity index (χ1n) is 3.55. The molecule has 0 radical (unpaired) electrons. The van der Waals surface area contributed by atoms with E-state index in [0.29, 0.717) is 12.4 Å². The molecule has 0 spiro atoms. The van der Waals surface area contributed by atoms with E-state index in [2.05, 4.69) is 11.6 Å². The second kappa shape index (κ2) is 3.34. The maximum Gasteiger partial charge on any atom is 0.137 e. The average molecular weight is 152 g/mol. The normalized spacial score (nSPS) is 12.9. The molecule has 3 nitrogen and oxygen atoms in total. The Morgan fingerprint density at radius 3 is 3.18 bits per heavy atom. The second-order valence-electron chi connectivity index (χ2n) is 2.40. The lowest BCUT2D eigenvalue weighted by molar-refractivity contribution is 0.184. The van der Waals surface area contributed by atoms with Crippen molar-refractivity contribution in [1.82, 2.24) is 9.55 Å². The molecule has 0 unspecified atom stereocenters. The molecule has 11 heavy (non-hydrogen) atoms. The fourth-order valence-corrected chi connectivity index (χ4v) is 0.982. The molecule has 1 rings (SSSR count). The highest BCUT2D eigenvalue weighted by Gasteiger charge is 2.05. The molecule has 1 aromatic rings. The highest BCUT2D eigenvalue weighted by molar-refractivity contribution is 4.96. The summed E-state index contributed by atoms with van der Waals surface area (Å²) >= 11 is 0. The Bertz CT molecular complexity index is 240. The van der Waals surface area contributed by atoms with Crippen LogP contribution in [0.15, 0.2) is 25.0 Å². The Balaban J connectivity index is 2.86. The van der Waals surface area contributed by atoms with Crippen molar-refractivity contribution in [3.05, 3.63) is 30.9 Å². The van der Waals surface area contributed by atoms with Crippen LogP contribution in [0.5, 0.6) is 0 Å². The van der Waals surface area contributed by atoms with E-state index in [4.69, 9.17) is 0 Å². The third-order valence-corrected chi connectivity index (χ3v) is 1.45. The van der Waals surface area contributed by atoms with Gasteiger partial charge in [-0.15, -0.1) is 6.58 Å². The van der Waals surface area contributed by atoms with Crippen molar-refractivity contribution >= 4 is 0 Å². The summed E-state index contributed by atoms with van der Waals surface area (Å²) in [4.78, 5) is 4.00. The van der Waals surface area contributed by atoms with Crippen LogP contribution in [0.1, 0.15) is 18.9 Å². The minimum Gasteiger partial charge on any atom is -0.385 e. The largest absolute Gasteiger partial charge is 0.385 e. The van der Waals surface area contributed by atoms with Crippen LogP contribution in [-0.4, -0.2) is 14.7 Å². The number of aliphatic hydroxyl groups excluding tert-OH is 1. The van der Waals surface area contributed by atoms with Gasteiger partial charge in [0.25, 0.3) is 0 Å². The Morgan fingerprint density at radius 1 is 1.91 bits per heavy atom. The van der Waals surface area contributed by atoms with Gasteiger partial charge in [-0.3, -0.25) is 0 Å². The zero-order chi connectivity index (χ0) is 8.27. The number of aromatic nitrogens is 2. The molecule has 0 aliphatic rings. The summed E-state index contributed by atoms with van der Waals surface area (Å²) in [6.07, 6.45) is 4.76. The summed E-state index contributed by atoms with van der Waals surface area (Å²) in [6.45, 7) is 6.00. The van der Waals surface area contributed by atoms with Gasteiger partial charge in [0.05, 0.1) is 0 Å². The molecule has 0 aliphatic carbocycles. The number of imidazole rings is 1. The predicted octanol–water partition coefficient (Wildman–Crippen LogP) is 1.12. The smallest absolute Gasteiger partial charge is 0.137 e. The molecule has 1 heterocycles. The molecule has 0 saturated carbocycles. The molecule has 0 aliphatic heterocycles. The maximum atomic E-state index is 9.20. The summed E-state index contributed by atoms with van der Waals surface area (Å²) in [6, 6.07) is 0. The van der Waals surface area contributed by atoms with Gasteiger partial charge in [-0.1, -0.05) is 6.08 Å². The number of hydrogen-bond donors (Lipinski definition) is 1. The SMILES string of the molecule is C=CCn1ccnc1[C@H](C)O. The average Bonchev–Trinajstić information content (AvgIpc) is 2.36. The molecule has 3 heteroatoms. The highest BCUT2D eigenvalue weighted by Crippen LogP contribution is 2.08. The number of nitrogens with zero attached hydrogens (tertiary/aromatic N) is 2. The van der Waals surface area contributed by atoms with E-state index in [1.165, 1.54) is 0 Å². The van der Waals surface area contributed by atoms with Crippen molar-refractivity contribution in [3.63, 3.8) is 0 Å². The van der Waals surface area contributed by atoms with Gasteiger partial charge in [-0.05, 0) is 6.92 Å². The molecular formula is C8H12N2O. The first-order chi connectivity index (χ1) is 5.25. The number of hydrogen-bond acceptors (Lipinski definition) is 2. The van der Waals surface area contributed by atoms with Gasteiger partial charge < -0.3 is 9.67 Å². The summed E-state index contributed by atoms with van der Waals surface area (Å²) in [5.41, 5.74) is 0. The van der Waals surface area contributed by atoms with E-state index in [0.717, 1.165) is 0 Å². The number of rotatable bonds is 3. The minimum atomic E-state index is -0.509. The Kier molecular flexibility index (Phi) is 2.44. The predicted molar refractivity (Wildman–Crippen MR) is 43.1 cm³/mol. The van der Waals surface area contributed by atoms with E-state index in [1.54, 1.807) is 19.2 Å². The van der Waals surface area contributed by atoms with E-state index >= 15 is 0 Å². The molecule has 1 atom stereocenters. The van der Waals surface area contributed by atoms with E-state index in [1.807, 2.05) is 10.8 Å². The number of allylic oxidation sites excluding steroid dienone is 1. The van der Waals surface area contributed by atoms with E-state index in [9.17, 15) is 5.11 Å². The first kappa shape index (κ1) is 8.01. The third-order valence-electron chi connectivity index (χ3n) is 1.45. The second-order valence-corrected chi connectivity index (χ2v) is 2.40. The lowest BCUT2D eigenvalue weighted by atomic mass is 10.4. The molecule has 0 saturated heterocycles. The molecule has 0 aromatic carbocycles. The first-order valence-corrected chi connectivity index (χ1v) is 3.55. The minimum absolute atomic E-state index is 0.509. The molecule has 1 N–H and O–H groups in total. The lowest BCUT2D eigenvalue weighted by Gasteiger charge is -2.05. The lowest BCUT2D eigenvalue weighted by Crippen LogP contribution is -2.04. The van der Waals surface area contributed by atoms with Crippen LogP contribution in [0.3, 0.4) is 0 Å². The fraction of sp³-hybridized carbons (Fsp3) is 0.375. The van der Waals surface area contributed by atoms with Crippen molar-refractivity contribution in [2.75, 3.05) is 0 Å². The molecule has 0 bridgehead atoms. The van der Waals surface area contributed by atoms with Gasteiger partial charge in [-0.25, -0.2) is 4.98 Å². The van der Waals surface area contributed by atoms with Crippen LogP contribution in [0, 0.1) is 0 Å². The summed E-state index contributed by atoms with van der Waals surface area (Å²) in [7, 11) is 0. The fourth-order valence-electron chi connectivity index (χ4n) is 0.982. The summed E-state index contributed by atoms with van der Waals surface area (Å²) < 4.78 is 1.86. The van der Waals surface area contributed by atoms with Gasteiger partial charge >= 0.3 is 0 Å². The quantitative estimate of drug-likeness (QED) is 0.659. The van der Waals surface area contributed by atoms with Gasteiger partial charge in [0.15, 0.2) is 0 Å². The van der Waals surface area contributed by atoms with Gasteiger partial charge in [-0.2, -0.15) is 0 Å². The Morgan fingerprint density at radius 2 is 2.64 bits per heavy atom. The zero-order valence-electron chi connectivity index (χ0n) is 6.57. The number of aliphatic hydroxyl groups is 1. The van der Waals surface area contributed by atoms with Crippen molar-refractivity contribution in [3.8, 4) is 0 Å². The monoisotopic (exact) mass is 152 g/mol. The molecule has 60 valence electrons. The van der Waals surface area contributed by atoms with Gasteiger partial charge in [0.2, 0.25) is 0 Å². The Labute approximate surface area is 66.0 Å². The van der Waals surface area contributed by atoms with Crippen molar-refractivity contribution in [1.29, 1.82) is 0 Å². The van der Waals surface area contributed by atoms with Gasteiger partial charge in [0.1, 0.15) is 11.9 Å². The van der Waals surface area contributed by atoms with E-state index in [-0.39, 0.29) is 0 Å². The van der Waals surface area contributed by atoms with Crippen LogP contribution in [0.4, 0.5) is 0 Å². The molecular weight excluding hydrogens is 140 g/mol. The molecule has 0 amide bonds. The van der Waals surface area contributed by atoms with Gasteiger partial charge in [0, 0.05) is 18.9 Å². The van der Waals surface area contributed by atoms with Crippen molar-refractivity contribution in [2.45, 2.75) is 19.6 Å². The van der Waals surface area contributed by atoms with Crippen LogP contribution in [0.2, 0.25) is 0 Å². The van der Waals surface area contributed by atoms with Crippen LogP contribution in [0.25, 0.3) is 0 Å². The summed E-state index contributed by atoms with van der Waals surface area (Å²) in [5.74, 6) is 0.685. The van der Waals surface area contributed by atoms with Crippen LogP contribution < -0.4 is 0 Å². The zero-order valence-corrected chi connectivity index (χ0v) is 6.57.